The Balaban J connectivity index is 2.71. The van der Waals surface area contributed by atoms with Crippen molar-refractivity contribution in [2.45, 2.75) is 19.9 Å². The van der Waals surface area contributed by atoms with Crippen LogP contribution in [0.5, 0.6) is 5.75 Å². The molecular formula is C12H15NO2. The van der Waals surface area contributed by atoms with Crippen molar-refractivity contribution in [2.24, 2.45) is 5.73 Å². The Bertz CT molecular complexity index is 474. The van der Waals surface area contributed by atoms with Crippen LogP contribution in [0.1, 0.15) is 18.1 Å². The van der Waals surface area contributed by atoms with E-state index < -0.39 is 0 Å². The molecule has 0 bridgehead atoms. The van der Waals surface area contributed by atoms with E-state index in [0.29, 0.717) is 6.54 Å². The van der Waals surface area contributed by atoms with Gasteiger partial charge in [0.15, 0.2) is 11.3 Å². The Hall–Kier alpha value is -1.48. The van der Waals surface area contributed by atoms with Gasteiger partial charge in [-0.05, 0) is 24.1 Å². The van der Waals surface area contributed by atoms with Crippen LogP contribution >= 0.6 is 0 Å². The van der Waals surface area contributed by atoms with Crippen molar-refractivity contribution in [3.63, 3.8) is 0 Å². The molecule has 15 heavy (non-hydrogen) atoms. The largest absolute Gasteiger partial charge is 0.493 e. The highest BCUT2D eigenvalue weighted by atomic mass is 16.5. The summed E-state index contributed by atoms with van der Waals surface area (Å²) in [5.74, 6) is 0.782. The van der Waals surface area contributed by atoms with Crippen molar-refractivity contribution in [2.75, 3.05) is 7.11 Å². The molecule has 0 unspecified atom stereocenters. The Morgan fingerprint density at radius 3 is 2.80 bits per heavy atom. The summed E-state index contributed by atoms with van der Waals surface area (Å²) in [6, 6.07) is 4.12. The molecule has 1 aromatic carbocycles. The van der Waals surface area contributed by atoms with Crippen molar-refractivity contribution in [1.82, 2.24) is 0 Å². The molecule has 1 aromatic heterocycles. The lowest BCUT2D eigenvalue weighted by Crippen LogP contribution is -1.95. The molecule has 2 aromatic rings. The summed E-state index contributed by atoms with van der Waals surface area (Å²) in [5.41, 5.74) is 8.69. The molecule has 0 aliphatic carbocycles. The van der Waals surface area contributed by atoms with Gasteiger partial charge in [0.05, 0.1) is 13.4 Å². The van der Waals surface area contributed by atoms with E-state index in [9.17, 15) is 0 Å². The van der Waals surface area contributed by atoms with Crippen LogP contribution in [0.25, 0.3) is 11.0 Å². The molecule has 0 radical (unpaired) electrons. The highest BCUT2D eigenvalue weighted by molar-refractivity contribution is 5.87. The average Bonchev–Trinajstić information content (AvgIpc) is 2.70. The third kappa shape index (κ3) is 1.59. The average molecular weight is 205 g/mol. The molecule has 0 fully saturated rings. The van der Waals surface area contributed by atoms with Gasteiger partial charge in [0, 0.05) is 17.5 Å². The molecule has 0 spiro atoms. The number of furan rings is 1. The van der Waals surface area contributed by atoms with E-state index >= 15 is 0 Å². The van der Waals surface area contributed by atoms with E-state index in [1.807, 2.05) is 6.07 Å². The second-order valence-electron chi connectivity index (χ2n) is 3.49. The maximum Gasteiger partial charge on any atom is 0.176 e. The van der Waals surface area contributed by atoms with Crippen LogP contribution < -0.4 is 10.5 Å². The van der Waals surface area contributed by atoms with E-state index in [1.54, 1.807) is 13.4 Å². The molecule has 2 N–H and O–H groups in total. The molecule has 1 heterocycles. The van der Waals surface area contributed by atoms with Crippen molar-refractivity contribution >= 4 is 11.0 Å². The Morgan fingerprint density at radius 2 is 2.20 bits per heavy atom. The van der Waals surface area contributed by atoms with E-state index in [1.165, 1.54) is 5.56 Å². The molecule has 3 heteroatoms. The van der Waals surface area contributed by atoms with Gasteiger partial charge in [-0.2, -0.15) is 0 Å². The molecule has 0 saturated heterocycles. The second-order valence-corrected chi connectivity index (χ2v) is 3.49. The Kier molecular flexibility index (Phi) is 2.64. The van der Waals surface area contributed by atoms with Crippen molar-refractivity contribution < 1.29 is 9.15 Å². The summed E-state index contributed by atoms with van der Waals surface area (Å²) < 4.78 is 10.7. The molecule has 2 rings (SSSR count). The van der Waals surface area contributed by atoms with Crippen molar-refractivity contribution in [3.8, 4) is 5.75 Å². The standard InChI is InChI=1S/C12H15NO2/c1-3-8-4-10-9(6-13)7-15-12(10)11(5-8)14-2/h4-5,7H,3,6,13H2,1-2H3. The minimum absolute atomic E-state index is 0.489. The lowest BCUT2D eigenvalue weighted by atomic mass is 10.1. The summed E-state index contributed by atoms with van der Waals surface area (Å²) in [5, 5.41) is 1.06. The van der Waals surface area contributed by atoms with Crippen LogP contribution in [0.15, 0.2) is 22.8 Å². The van der Waals surface area contributed by atoms with Crippen LogP contribution in [0.3, 0.4) is 0 Å². The minimum Gasteiger partial charge on any atom is -0.493 e. The smallest absolute Gasteiger partial charge is 0.176 e. The van der Waals surface area contributed by atoms with Crippen molar-refractivity contribution in [3.05, 3.63) is 29.5 Å². The van der Waals surface area contributed by atoms with Gasteiger partial charge in [-0.15, -0.1) is 0 Å². The summed E-state index contributed by atoms with van der Waals surface area (Å²) in [6.45, 7) is 2.60. The lowest BCUT2D eigenvalue weighted by molar-refractivity contribution is 0.409. The van der Waals surface area contributed by atoms with E-state index in [4.69, 9.17) is 14.9 Å². The van der Waals surface area contributed by atoms with E-state index in [-0.39, 0.29) is 0 Å². The predicted octanol–water partition coefficient (Wildman–Crippen LogP) is 2.46. The summed E-state index contributed by atoms with van der Waals surface area (Å²) in [7, 11) is 1.65. The third-order valence-electron chi connectivity index (χ3n) is 2.63. The number of benzene rings is 1. The minimum atomic E-state index is 0.489. The maximum absolute atomic E-state index is 5.64. The van der Waals surface area contributed by atoms with Crippen LogP contribution in [0.4, 0.5) is 0 Å². The summed E-state index contributed by atoms with van der Waals surface area (Å²) in [6.07, 6.45) is 2.67. The number of nitrogens with two attached hydrogens (primary N) is 1. The van der Waals surface area contributed by atoms with Gasteiger partial charge in [0.25, 0.3) is 0 Å². The maximum atomic E-state index is 5.64. The van der Waals surface area contributed by atoms with Gasteiger partial charge < -0.3 is 14.9 Å². The first-order valence-corrected chi connectivity index (χ1v) is 5.07. The number of ether oxygens (including phenoxy) is 1. The van der Waals surface area contributed by atoms with Crippen molar-refractivity contribution in [1.29, 1.82) is 0 Å². The molecule has 0 saturated carbocycles. The number of fused-ring (bicyclic) bond motifs is 1. The lowest BCUT2D eigenvalue weighted by Gasteiger charge is -2.04. The van der Waals surface area contributed by atoms with Gasteiger partial charge in [0.1, 0.15) is 0 Å². The normalized spacial score (nSPS) is 10.9. The van der Waals surface area contributed by atoms with Gasteiger partial charge in [-0.25, -0.2) is 0 Å². The molecule has 3 nitrogen and oxygen atoms in total. The zero-order valence-corrected chi connectivity index (χ0v) is 9.04. The monoisotopic (exact) mass is 205 g/mol. The van der Waals surface area contributed by atoms with Crippen LogP contribution in [-0.4, -0.2) is 7.11 Å². The zero-order chi connectivity index (χ0) is 10.8. The number of hydrogen-bond donors (Lipinski definition) is 1. The highest BCUT2D eigenvalue weighted by Crippen LogP contribution is 2.31. The van der Waals surface area contributed by atoms with Gasteiger partial charge in [-0.3, -0.25) is 0 Å². The molecule has 0 aliphatic heterocycles. The SMILES string of the molecule is CCc1cc(OC)c2occ(CN)c2c1. The molecule has 80 valence electrons. The Labute approximate surface area is 88.8 Å². The van der Waals surface area contributed by atoms with Gasteiger partial charge in [-0.1, -0.05) is 6.92 Å². The van der Waals surface area contributed by atoms with Crippen LogP contribution in [0, 0.1) is 0 Å². The molecule has 0 amide bonds. The summed E-state index contributed by atoms with van der Waals surface area (Å²) in [4.78, 5) is 0. The zero-order valence-electron chi connectivity index (χ0n) is 9.04. The first-order chi connectivity index (χ1) is 7.30. The number of rotatable bonds is 3. The first kappa shape index (κ1) is 10.1. The topological polar surface area (TPSA) is 48.4 Å². The number of aryl methyl sites for hydroxylation is 1. The van der Waals surface area contributed by atoms with Crippen LogP contribution in [0.2, 0.25) is 0 Å². The second kappa shape index (κ2) is 3.95. The Morgan fingerprint density at radius 1 is 1.40 bits per heavy atom. The van der Waals surface area contributed by atoms with Gasteiger partial charge >= 0.3 is 0 Å². The summed E-state index contributed by atoms with van der Waals surface area (Å²) >= 11 is 0. The molecule has 0 aliphatic rings. The predicted molar refractivity (Wildman–Crippen MR) is 60.0 cm³/mol. The fourth-order valence-corrected chi connectivity index (χ4v) is 1.73. The van der Waals surface area contributed by atoms with E-state index in [2.05, 4.69) is 13.0 Å². The van der Waals surface area contributed by atoms with E-state index in [0.717, 1.165) is 28.7 Å². The number of hydrogen-bond acceptors (Lipinski definition) is 3. The quantitative estimate of drug-likeness (QED) is 0.837. The molecular weight excluding hydrogens is 190 g/mol. The number of methoxy groups -OCH3 is 1. The third-order valence-corrected chi connectivity index (χ3v) is 2.63. The first-order valence-electron chi connectivity index (χ1n) is 5.07. The van der Waals surface area contributed by atoms with Gasteiger partial charge in [0.2, 0.25) is 0 Å². The fourth-order valence-electron chi connectivity index (χ4n) is 1.73. The fraction of sp³-hybridized carbons (Fsp3) is 0.333. The highest BCUT2D eigenvalue weighted by Gasteiger charge is 2.10. The van der Waals surface area contributed by atoms with Crippen LogP contribution in [-0.2, 0) is 13.0 Å². The molecule has 0 atom stereocenters.